The fourth-order valence-corrected chi connectivity index (χ4v) is 5.80. The molecule has 0 unspecified atom stereocenters. The Hall–Kier alpha value is -5.57. The minimum absolute atomic E-state index is 0.102. The van der Waals surface area contributed by atoms with Crippen molar-refractivity contribution in [3.63, 3.8) is 0 Å². The van der Waals surface area contributed by atoms with E-state index in [-0.39, 0.29) is 29.3 Å². The number of fused-ring (bicyclic) bond motifs is 1. The fraction of sp³-hybridized carbons (Fsp3) is 0.250. The maximum atomic E-state index is 14.4. The summed E-state index contributed by atoms with van der Waals surface area (Å²) in [6, 6.07) is 18.3. The molecule has 5 aromatic rings. The number of anilines is 1. The van der Waals surface area contributed by atoms with Crippen molar-refractivity contribution >= 4 is 28.4 Å². The number of hydrogen-bond donors (Lipinski definition) is 0. The molecule has 51 heavy (non-hydrogen) atoms. The van der Waals surface area contributed by atoms with Gasteiger partial charge in [-0.25, -0.2) is 9.37 Å². The quantitative estimate of drug-likeness (QED) is 0.149. The summed E-state index contributed by atoms with van der Waals surface area (Å²) in [5.41, 5.74) is 0.737. The number of alkyl halides is 5. The van der Waals surface area contributed by atoms with Gasteiger partial charge in [-0.3, -0.25) is 14.5 Å². The van der Waals surface area contributed by atoms with Gasteiger partial charge in [-0.1, -0.05) is 12.1 Å². The summed E-state index contributed by atoms with van der Waals surface area (Å²) in [6.07, 6.45) is -3.43. The fourth-order valence-electron chi connectivity index (χ4n) is 5.80. The van der Waals surface area contributed by atoms with Crippen molar-refractivity contribution in [3.8, 4) is 17.4 Å². The molecule has 0 radical (unpaired) electrons. The summed E-state index contributed by atoms with van der Waals surface area (Å²) >= 11 is 0. The van der Waals surface area contributed by atoms with Crippen LogP contribution in [0.25, 0.3) is 10.9 Å². The third kappa shape index (κ3) is 7.93. The Labute approximate surface area is 288 Å². The zero-order chi connectivity index (χ0) is 36.4. The number of ether oxygens (including phenoxy) is 2. The van der Waals surface area contributed by atoms with Gasteiger partial charge in [0, 0.05) is 64.3 Å². The molecular formula is C36H31F6N5O4. The van der Waals surface area contributed by atoms with E-state index in [4.69, 9.17) is 4.74 Å². The van der Waals surface area contributed by atoms with Crippen LogP contribution in [0.4, 0.5) is 32.0 Å². The van der Waals surface area contributed by atoms with Crippen LogP contribution >= 0.6 is 0 Å². The van der Waals surface area contributed by atoms with Crippen molar-refractivity contribution in [2.75, 3.05) is 38.1 Å². The first-order valence-electron chi connectivity index (χ1n) is 15.7. The normalized spacial score (nSPS) is 13.9. The second-order valence-corrected chi connectivity index (χ2v) is 11.9. The van der Waals surface area contributed by atoms with E-state index in [1.54, 1.807) is 40.8 Å². The Kier molecular flexibility index (Phi) is 9.92. The predicted molar refractivity (Wildman–Crippen MR) is 176 cm³/mol. The number of benzene rings is 3. The summed E-state index contributed by atoms with van der Waals surface area (Å²) in [7, 11) is 3.13. The maximum Gasteiger partial charge on any atom is 0.416 e. The van der Waals surface area contributed by atoms with E-state index in [2.05, 4.69) is 14.6 Å². The predicted octanol–water partition coefficient (Wildman–Crippen LogP) is 7.36. The monoisotopic (exact) mass is 711 g/mol. The van der Waals surface area contributed by atoms with Crippen LogP contribution in [0.1, 0.15) is 32.0 Å². The summed E-state index contributed by atoms with van der Waals surface area (Å²) in [5.74, 6) is -1.55. The minimum atomic E-state index is -4.74. The molecule has 0 spiro atoms. The van der Waals surface area contributed by atoms with Crippen molar-refractivity contribution < 1.29 is 45.4 Å². The summed E-state index contributed by atoms with van der Waals surface area (Å²) in [5, 5.41) is 0.824. The molecule has 1 fully saturated rings. The van der Waals surface area contributed by atoms with Crippen LogP contribution < -0.4 is 14.4 Å². The van der Waals surface area contributed by atoms with Gasteiger partial charge in [-0.05, 0) is 60.2 Å². The summed E-state index contributed by atoms with van der Waals surface area (Å²) in [6.45, 7) is 0.0594. The topological polar surface area (TPSA) is 80.1 Å². The number of amides is 2. The lowest BCUT2D eigenvalue weighted by atomic mass is 10.1. The third-order valence-electron chi connectivity index (χ3n) is 8.61. The van der Waals surface area contributed by atoms with Crippen molar-refractivity contribution in [1.82, 2.24) is 19.4 Å². The highest BCUT2D eigenvalue weighted by Gasteiger charge is 2.32. The number of halogens is 6. The van der Waals surface area contributed by atoms with Gasteiger partial charge in [-0.15, -0.1) is 0 Å². The highest BCUT2D eigenvalue weighted by Crippen LogP contribution is 2.32. The smallest absolute Gasteiger partial charge is 0.416 e. The van der Waals surface area contributed by atoms with Crippen LogP contribution in [-0.4, -0.2) is 71.0 Å². The number of hydrogen-bond acceptors (Lipinski definition) is 6. The zero-order valence-corrected chi connectivity index (χ0v) is 27.3. The second-order valence-electron chi connectivity index (χ2n) is 11.9. The number of rotatable bonds is 9. The Morgan fingerprint density at radius 1 is 0.902 bits per heavy atom. The molecular weight excluding hydrogens is 680 g/mol. The van der Waals surface area contributed by atoms with Gasteiger partial charge in [0.15, 0.2) is 0 Å². The first-order chi connectivity index (χ1) is 24.3. The molecule has 1 aliphatic heterocycles. The van der Waals surface area contributed by atoms with E-state index < -0.39 is 35.6 Å². The average molecular weight is 712 g/mol. The van der Waals surface area contributed by atoms with Crippen LogP contribution in [0.5, 0.6) is 17.4 Å². The molecule has 0 aliphatic carbocycles. The average Bonchev–Trinajstić information content (AvgIpc) is 3.43. The molecule has 1 aliphatic rings. The third-order valence-corrected chi connectivity index (χ3v) is 8.61. The second kappa shape index (κ2) is 14.3. The van der Waals surface area contributed by atoms with Crippen LogP contribution in [0, 0.1) is 5.82 Å². The number of carbonyl (C=O) groups excluding carboxylic acids is 2. The molecule has 9 nitrogen and oxygen atoms in total. The lowest BCUT2D eigenvalue weighted by Crippen LogP contribution is -2.48. The van der Waals surface area contributed by atoms with Gasteiger partial charge >= 0.3 is 12.8 Å². The highest BCUT2D eigenvalue weighted by atomic mass is 19.4. The van der Waals surface area contributed by atoms with Gasteiger partial charge < -0.3 is 23.8 Å². The van der Waals surface area contributed by atoms with E-state index in [9.17, 15) is 35.9 Å². The van der Waals surface area contributed by atoms with Gasteiger partial charge in [-0.2, -0.15) is 22.0 Å². The number of aromatic nitrogens is 2. The molecule has 3 heterocycles. The van der Waals surface area contributed by atoms with Crippen LogP contribution in [0.3, 0.4) is 0 Å². The number of carbonyl (C=O) groups is 2. The van der Waals surface area contributed by atoms with Crippen LogP contribution in [-0.2, 0) is 19.8 Å². The lowest BCUT2D eigenvalue weighted by molar-refractivity contribution is -0.137. The Morgan fingerprint density at radius 2 is 1.61 bits per heavy atom. The van der Waals surface area contributed by atoms with Crippen molar-refractivity contribution in [2.45, 2.75) is 19.3 Å². The van der Waals surface area contributed by atoms with Gasteiger partial charge in [0.05, 0.1) is 28.5 Å². The molecule has 0 bridgehead atoms. The molecule has 1 saturated heterocycles. The lowest BCUT2D eigenvalue weighted by Gasteiger charge is -2.34. The number of piperazine rings is 1. The highest BCUT2D eigenvalue weighted by molar-refractivity contribution is 6.06. The number of pyridine rings is 1. The molecule has 15 heteroatoms. The first kappa shape index (κ1) is 35.3. The van der Waals surface area contributed by atoms with Crippen molar-refractivity contribution in [2.24, 2.45) is 7.05 Å². The maximum absolute atomic E-state index is 14.4. The molecule has 2 aromatic heterocycles. The van der Waals surface area contributed by atoms with Gasteiger partial charge in [0.2, 0.25) is 5.88 Å². The molecule has 3 aromatic carbocycles. The van der Waals surface area contributed by atoms with E-state index in [0.29, 0.717) is 50.2 Å². The Morgan fingerprint density at radius 3 is 2.24 bits per heavy atom. The van der Waals surface area contributed by atoms with E-state index in [1.807, 2.05) is 12.1 Å². The van der Waals surface area contributed by atoms with Gasteiger partial charge in [0.25, 0.3) is 11.8 Å². The first-order valence-corrected chi connectivity index (χ1v) is 15.7. The van der Waals surface area contributed by atoms with Crippen molar-refractivity contribution in [1.29, 1.82) is 0 Å². The van der Waals surface area contributed by atoms with Crippen LogP contribution in [0.2, 0.25) is 0 Å². The van der Waals surface area contributed by atoms with Gasteiger partial charge in [0.1, 0.15) is 23.0 Å². The summed E-state index contributed by atoms with van der Waals surface area (Å²) in [4.78, 5) is 35.6. The standard InChI is InChI=1S/C36H31F6N5O4/c1-44(33(48)28-11-6-24(18-29(28)37)36(40,41)42)25-7-12-32(43-20-25)50-27-10-5-23-17-31(45(2)30(23)19-27)34(49)47-15-13-46(14-16-47)21-22-3-8-26(9-4-22)51-35(38)39/h3-12,17-20,35H,13-16,21H2,1-2H3. The molecule has 266 valence electrons. The number of aryl methyl sites for hydroxylation is 1. The Balaban J connectivity index is 1.06. The molecule has 2 amide bonds. The summed E-state index contributed by atoms with van der Waals surface area (Å²) < 4.78 is 90.0. The van der Waals surface area contributed by atoms with E-state index in [0.717, 1.165) is 27.4 Å². The molecule has 0 N–H and O–H groups in total. The molecule has 0 saturated carbocycles. The van der Waals surface area contributed by atoms with Crippen LogP contribution in [0.15, 0.2) is 85.1 Å². The van der Waals surface area contributed by atoms with Crippen molar-refractivity contribution in [3.05, 3.63) is 113 Å². The largest absolute Gasteiger partial charge is 0.439 e. The molecule has 0 atom stereocenters. The van der Waals surface area contributed by atoms with E-state index in [1.165, 1.54) is 37.5 Å². The molecule has 6 rings (SSSR count). The zero-order valence-electron chi connectivity index (χ0n) is 27.3. The van der Waals surface area contributed by atoms with E-state index >= 15 is 0 Å². The number of nitrogens with zero attached hydrogens (tertiary/aromatic N) is 5. The minimum Gasteiger partial charge on any atom is -0.439 e. The SMILES string of the molecule is CN(C(=O)c1ccc(C(F)(F)F)cc1F)c1ccc(Oc2ccc3cc(C(=O)N4CCN(Cc5ccc(OC(F)F)cc5)CC4)n(C)c3c2)nc1. The Bertz CT molecular complexity index is 2040.